The van der Waals surface area contributed by atoms with E-state index in [9.17, 15) is 18.7 Å². The number of ether oxygens (including phenoxy) is 1. The lowest BCUT2D eigenvalue weighted by molar-refractivity contribution is -0.0498. The maximum Gasteiger partial charge on any atom is 0.387 e. The molecular weight excluding hydrogens is 350 g/mol. The zero-order valence-electron chi connectivity index (χ0n) is 13.0. The van der Waals surface area contributed by atoms with Gasteiger partial charge >= 0.3 is 24.4 Å². The van der Waals surface area contributed by atoms with Gasteiger partial charge in [-0.1, -0.05) is 5.10 Å². The Morgan fingerprint density at radius 1 is 1.04 bits per heavy atom. The number of carbonyl (C=O) groups is 1. The Morgan fingerprint density at radius 3 is 2.35 bits per heavy atom. The van der Waals surface area contributed by atoms with Gasteiger partial charge in [0.15, 0.2) is 0 Å². The Hall–Kier alpha value is -3.69. The van der Waals surface area contributed by atoms with Gasteiger partial charge in [-0.2, -0.15) is 8.78 Å². The third-order valence-corrected chi connectivity index (χ3v) is 3.08. The third kappa shape index (κ3) is 4.44. The van der Waals surface area contributed by atoms with Gasteiger partial charge in [0.2, 0.25) is 0 Å². The highest BCUT2D eigenvalue weighted by atomic mass is 19.3. The molecule has 0 unspecified atom stereocenters. The zero-order chi connectivity index (χ0) is 18.5. The van der Waals surface area contributed by atoms with Crippen LogP contribution in [-0.4, -0.2) is 27.8 Å². The fraction of sp³-hybridized carbons (Fsp3) is 0.0625. The van der Waals surface area contributed by atoms with Gasteiger partial charge in [0.25, 0.3) is 0 Å². The number of carbonyl (C=O) groups excluding carboxylic acids is 1. The normalized spacial score (nSPS) is 10.6. The molecular formula is C16H12F2N4O4. The first-order valence-electron chi connectivity index (χ1n) is 7.25. The molecule has 0 bridgehead atoms. The van der Waals surface area contributed by atoms with Gasteiger partial charge in [-0.05, 0) is 48.5 Å². The second-order valence-corrected chi connectivity index (χ2v) is 4.94. The molecule has 3 rings (SSSR count). The van der Waals surface area contributed by atoms with Crippen LogP contribution in [0.4, 0.5) is 26.2 Å². The van der Waals surface area contributed by atoms with Crippen molar-refractivity contribution < 1.29 is 27.8 Å². The van der Waals surface area contributed by atoms with Crippen LogP contribution in [0.5, 0.6) is 11.5 Å². The van der Waals surface area contributed by atoms with Crippen molar-refractivity contribution in [3.05, 3.63) is 54.4 Å². The van der Waals surface area contributed by atoms with Crippen molar-refractivity contribution >= 4 is 23.3 Å². The standard InChI is InChI=1S/C16H12F2N4O4/c17-15(18)25-12-7-3-10(4-8-12)20-16-22-21-14(26-16)13(24)19-9-1-5-11(23)6-2-9/h1-8,15,23H,(H,19,24)(H,20,22). The van der Waals surface area contributed by atoms with Crippen LogP contribution in [0.3, 0.4) is 0 Å². The van der Waals surface area contributed by atoms with Crippen LogP contribution >= 0.6 is 0 Å². The predicted molar refractivity (Wildman–Crippen MR) is 86.7 cm³/mol. The van der Waals surface area contributed by atoms with E-state index >= 15 is 0 Å². The molecule has 0 spiro atoms. The van der Waals surface area contributed by atoms with Crippen LogP contribution < -0.4 is 15.4 Å². The Bertz CT molecular complexity index is 882. The number of amides is 1. The number of aromatic nitrogens is 2. The molecule has 0 aliphatic rings. The minimum absolute atomic E-state index is 0.00467. The van der Waals surface area contributed by atoms with Crippen LogP contribution in [0.25, 0.3) is 0 Å². The third-order valence-electron chi connectivity index (χ3n) is 3.08. The summed E-state index contributed by atoms with van der Waals surface area (Å²) in [4.78, 5) is 12.0. The predicted octanol–water partition coefficient (Wildman–Crippen LogP) is 3.37. The van der Waals surface area contributed by atoms with Crippen LogP contribution in [0.1, 0.15) is 10.7 Å². The summed E-state index contributed by atoms with van der Waals surface area (Å²) < 4.78 is 33.6. The summed E-state index contributed by atoms with van der Waals surface area (Å²) >= 11 is 0. The minimum Gasteiger partial charge on any atom is -0.508 e. The number of phenols is 1. The Kier molecular flexibility index (Phi) is 4.92. The van der Waals surface area contributed by atoms with Gasteiger partial charge in [-0.25, -0.2) is 0 Å². The van der Waals surface area contributed by atoms with E-state index in [0.29, 0.717) is 11.4 Å². The van der Waals surface area contributed by atoms with Crippen molar-refractivity contribution in [3.8, 4) is 11.5 Å². The fourth-order valence-electron chi connectivity index (χ4n) is 1.94. The zero-order valence-corrected chi connectivity index (χ0v) is 13.0. The van der Waals surface area contributed by atoms with Crippen LogP contribution in [0.2, 0.25) is 0 Å². The first kappa shape index (κ1) is 17.1. The second-order valence-electron chi connectivity index (χ2n) is 4.94. The molecule has 8 nitrogen and oxygen atoms in total. The molecule has 2 aromatic carbocycles. The largest absolute Gasteiger partial charge is 0.508 e. The van der Waals surface area contributed by atoms with E-state index in [4.69, 9.17) is 4.42 Å². The first-order valence-corrected chi connectivity index (χ1v) is 7.25. The van der Waals surface area contributed by atoms with Crippen molar-refractivity contribution in [2.75, 3.05) is 10.6 Å². The molecule has 0 fully saturated rings. The van der Waals surface area contributed by atoms with Crippen molar-refractivity contribution in [3.63, 3.8) is 0 Å². The highest BCUT2D eigenvalue weighted by molar-refractivity contribution is 6.00. The van der Waals surface area contributed by atoms with Crippen molar-refractivity contribution in [1.82, 2.24) is 10.2 Å². The minimum atomic E-state index is -2.90. The van der Waals surface area contributed by atoms with Gasteiger partial charge in [-0.3, -0.25) is 4.79 Å². The summed E-state index contributed by atoms with van der Waals surface area (Å²) in [6.07, 6.45) is 0. The summed E-state index contributed by atoms with van der Waals surface area (Å²) in [5.41, 5.74) is 0.913. The number of hydrogen-bond donors (Lipinski definition) is 3. The Labute approximate surface area is 145 Å². The molecule has 1 heterocycles. The molecule has 0 saturated carbocycles. The molecule has 0 atom stereocenters. The Balaban J connectivity index is 1.62. The summed E-state index contributed by atoms with van der Waals surface area (Å²) in [7, 11) is 0. The number of halogens is 2. The molecule has 3 N–H and O–H groups in total. The van der Waals surface area contributed by atoms with Gasteiger partial charge in [0, 0.05) is 11.4 Å². The second kappa shape index (κ2) is 7.47. The number of nitrogens with one attached hydrogen (secondary N) is 2. The van der Waals surface area contributed by atoms with E-state index in [0.717, 1.165) is 0 Å². The topological polar surface area (TPSA) is 110 Å². The molecule has 10 heteroatoms. The number of hydrogen-bond acceptors (Lipinski definition) is 7. The molecule has 26 heavy (non-hydrogen) atoms. The highest BCUT2D eigenvalue weighted by Gasteiger charge is 2.15. The van der Waals surface area contributed by atoms with Crippen LogP contribution in [0, 0.1) is 0 Å². The van der Waals surface area contributed by atoms with E-state index in [2.05, 4.69) is 25.6 Å². The van der Waals surface area contributed by atoms with Gasteiger partial charge in [0.1, 0.15) is 11.5 Å². The summed E-state index contributed by atoms with van der Waals surface area (Å²) in [6.45, 7) is -2.90. The number of phenolic OH excluding ortho intramolecular Hbond substituents is 1. The van der Waals surface area contributed by atoms with Gasteiger partial charge < -0.3 is 24.9 Å². The summed E-state index contributed by atoms with van der Waals surface area (Å²) in [6, 6.07) is 11.4. The lowest BCUT2D eigenvalue weighted by atomic mass is 10.3. The quantitative estimate of drug-likeness (QED) is 0.577. The Morgan fingerprint density at radius 2 is 1.69 bits per heavy atom. The van der Waals surface area contributed by atoms with E-state index in [1.807, 2.05) is 0 Å². The average molecular weight is 362 g/mol. The number of alkyl halides is 2. The number of rotatable bonds is 6. The number of aromatic hydroxyl groups is 1. The molecule has 0 aliphatic carbocycles. The smallest absolute Gasteiger partial charge is 0.387 e. The maximum absolute atomic E-state index is 12.1. The number of anilines is 3. The summed E-state index contributed by atoms with van der Waals surface area (Å²) in [5, 5.41) is 21.8. The lowest BCUT2D eigenvalue weighted by Gasteiger charge is -2.05. The molecule has 0 radical (unpaired) electrons. The molecule has 0 aliphatic heterocycles. The average Bonchev–Trinajstić information content (AvgIpc) is 3.07. The van der Waals surface area contributed by atoms with E-state index < -0.39 is 12.5 Å². The van der Waals surface area contributed by atoms with Crippen molar-refractivity contribution in [1.29, 1.82) is 0 Å². The summed E-state index contributed by atoms with van der Waals surface area (Å²) in [5.74, 6) is -0.836. The maximum atomic E-state index is 12.1. The number of nitrogens with zero attached hydrogens (tertiary/aromatic N) is 2. The van der Waals surface area contributed by atoms with E-state index in [1.54, 1.807) is 0 Å². The van der Waals surface area contributed by atoms with E-state index in [1.165, 1.54) is 48.5 Å². The lowest BCUT2D eigenvalue weighted by Crippen LogP contribution is -2.12. The highest BCUT2D eigenvalue weighted by Crippen LogP contribution is 2.21. The fourth-order valence-corrected chi connectivity index (χ4v) is 1.94. The first-order chi connectivity index (χ1) is 12.5. The number of benzene rings is 2. The monoisotopic (exact) mass is 362 g/mol. The van der Waals surface area contributed by atoms with Crippen molar-refractivity contribution in [2.24, 2.45) is 0 Å². The molecule has 134 valence electrons. The SMILES string of the molecule is O=C(Nc1ccc(O)cc1)c1nnc(Nc2ccc(OC(F)F)cc2)o1. The van der Waals surface area contributed by atoms with Crippen LogP contribution in [0.15, 0.2) is 52.9 Å². The van der Waals surface area contributed by atoms with E-state index in [-0.39, 0.29) is 23.4 Å². The van der Waals surface area contributed by atoms with Gasteiger partial charge in [-0.15, -0.1) is 5.10 Å². The van der Waals surface area contributed by atoms with Crippen LogP contribution in [-0.2, 0) is 0 Å². The molecule has 0 saturated heterocycles. The molecule has 1 aromatic heterocycles. The van der Waals surface area contributed by atoms with Crippen molar-refractivity contribution in [2.45, 2.75) is 6.61 Å². The van der Waals surface area contributed by atoms with Gasteiger partial charge in [0.05, 0.1) is 0 Å². The molecule has 3 aromatic rings. The molecule has 1 amide bonds.